The summed E-state index contributed by atoms with van der Waals surface area (Å²) in [4.78, 5) is 17.1. The third kappa shape index (κ3) is 5.95. The van der Waals surface area contributed by atoms with Gasteiger partial charge in [-0.1, -0.05) is 11.6 Å². The molecule has 3 rings (SSSR count). The summed E-state index contributed by atoms with van der Waals surface area (Å²) in [5.41, 5.74) is 0. The fraction of sp³-hybridized carbons (Fsp3) is 0.667. The first-order valence-electron chi connectivity index (χ1n) is 10.5. The summed E-state index contributed by atoms with van der Waals surface area (Å²) in [5.74, 6) is 0.407. The fourth-order valence-corrected chi connectivity index (χ4v) is 5.57. The number of hydrogen-bond donors (Lipinski definition) is 0. The molecule has 9 heteroatoms. The van der Waals surface area contributed by atoms with Gasteiger partial charge in [-0.25, -0.2) is 8.42 Å². The van der Waals surface area contributed by atoms with Crippen LogP contribution in [-0.4, -0.2) is 87.0 Å². The summed E-state index contributed by atoms with van der Waals surface area (Å²) in [5, 5.41) is 0.469. The van der Waals surface area contributed by atoms with Crippen molar-refractivity contribution in [2.45, 2.75) is 43.8 Å². The van der Waals surface area contributed by atoms with Gasteiger partial charge >= 0.3 is 0 Å². The van der Waals surface area contributed by atoms with Gasteiger partial charge in [0, 0.05) is 44.8 Å². The molecule has 2 fully saturated rings. The first-order chi connectivity index (χ1) is 14.1. The summed E-state index contributed by atoms with van der Waals surface area (Å²) >= 11 is 5.84. The zero-order valence-electron chi connectivity index (χ0n) is 18.0. The minimum Gasteiger partial charge on any atom is -0.373 e. The van der Waals surface area contributed by atoms with E-state index >= 15 is 0 Å². The zero-order valence-corrected chi connectivity index (χ0v) is 19.5. The van der Waals surface area contributed by atoms with Gasteiger partial charge in [0.25, 0.3) is 0 Å². The van der Waals surface area contributed by atoms with Crippen LogP contribution in [0.4, 0.5) is 0 Å². The second kappa shape index (κ2) is 9.96. The highest BCUT2D eigenvalue weighted by Gasteiger charge is 2.30. The summed E-state index contributed by atoms with van der Waals surface area (Å²) in [7, 11) is -2.28. The highest BCUT2D eigenvalue weighted by molar-refractivity contribution is 7.89. The van der Waals surface area contributed by atoms with Crippen molar-refractivity contribution in [3.63, 3.8) is 0 Å². The standard InChI is InChI=1S/C21H32ClN3O4S/c1-16-12-24(13-17(2)29-16)14-18-8-10-25(11-9-18)21(26)15-23(3)30(27,28)20-6-4-19(22)5-7-20/h4-7,16-18H,8-15H2,1-3H3. The molecule has 2 aliphatic rings. The molecule has 1 amide bonds. The lowest BCUT2D eigenvalue weighted by Gasteiger charge is -2.39. The van der Waals surface area contributed by atoms with Crippen LogP contribution in [0.1, 0.15) is 26.7 Å². The predicted molar refractivity (Wildman–Crippen MR) is 117 cm³/mol. The number of ether oxygens (including phenoxy) is 1. The van der Waals surface area contributed by atoms with E-state index in [0.717, 1.165) is 36.8 Å². The molecular weight excluding hydrogens is 426 g/mol. The Morgan fingerprint density at radius 1 is 1.13 bits per heavy atom. The Hall–Kier alpha value is -1.19. The second-order valence-corrected chi connectivity index (χ2v) is 11.0. The van der Waals surface area contributed by atoms with E-state index in [-0.39, 0.29) is 29.6 Å². The Morgan fingerprint density at radius 3 is 2.27 bits per heavy atom. The third-order valence-corrected chi connectivity index (χ3v) is 7.93. The van der Waals surface area contributed by atoms with E-state index < -0.39 is 10.0 Å². The maximum Gasteiger partial charge on any atom is 0.243 e. The molecule has 2 aliphatic heterocycles. The number of benzene rings is 1. The summed E-state index contributed by atoms with van der Waals surface area (Å²) in [6, 6.07) is 5.98. The first-order valence-corrected chi connectivity index (χ1v) is 12.3. The van der Waals surface area contributed by atoms with Gasteiger partial charge in [0.2, 0.25) is 15.9 Å². The van der Waals surface area contributed by atoms with Crippen LogP contribution in [0.3, 0.4) is 0 Å². The number of likely N-dealkylation sites (tertiary alicyclic amines) is 1. The maximum absolute atomic E-state index is 12.7. The number of piperidine rings is 1. The molecule has 0 bridgehead atoms. The Bertz CT molecular complexity index is 815. The molecule has 30 heavy (non-hydrogen) atoms. The van der Waals surface area contributed by atoms with E-state index in [1.807, 2.05) is 0 Å². The number of sulfonamides is 1. The summed E-state index contributed by atoms with van der Waals surface area (Å²) in [6.07, 6.45) is 2.40. The van der Waals surface area contributed by atoms with E-state index in [9.17, 15) is 13.2 Å². The number of carbonyl (C=O) groups is 1. The fourth-order valence-electron chi connectivity index (χ4n) is 4.33. The minimum atomic E-state index is -3.72. The number of likely N-dealkylation sites (N-methyl/N-ethyl adjacent to an activating group) is 1. The van der Waals surface area contributed by atoms with Gasteiger partial charge in [0.15, 0.2) is 0 Å². The highest BCUT2D eigenvalue weighted by Crippen LogP contribution is 2.22. The molecule has 1 aromatic carbocycles. The van der Waals surface area contributed by atoms with Crippen LogP contribution in [0.25, 0.3) is 0 Å². The van der Waals surface area contributed by atoms with E-state index in [1.165, 1.54) is 31.3 Å². The lowest BCUT2D eigenvalue weighted by atomic mass is 9.95. The normalized spacial score (nSPS) is 24.4. The van der Waals surface area contributed by atoms with Gasteiger partial charge in [-0.3, -0.25) is 9.69 Å². The van der Waals surface area contributed by atoms with Crippen molar-refractivity contribution < 1.29 is 17.9 Å². The molecule has 0 saturated carbocycles. The van der Waals surface area contributed by atoms with Crippen LogP contribution in [0.15, 0.2) is 29.2 Å². The van der Waals surface area contributed by atoms with Crippen LogP contribution in [-0.2, 0) is 19.6 Å². The maximum atomic E-state index is 12.7. The van der Waals surface area contributed by atoms with Crippen molar-refractivity contribution >= 4 is 27.5 Å². The summed E-state index contributed by atoms with van der Waals surface area (Å²) < 4.78 is 32.3. The van der Waals surface area contributed by atoms with Crippen molar-refractivity contribution in [3.05, 3.63) is 29.3 Å². The lowest BCUT2D eigenvalue weighted by molar-refractivity contribution is -0.132. The average molecular weight is 458 g/mol. The van der Waals surface area contributed by atoms with E-state index in [1.54, 1.807) is 4.90 Å². The van der Waals surface area contributed by atoms with Crippen LogP contribution in [0.5, 0.6) is 0 Å². The molecule has 0 aromatic heterocycles. The monoisotopic (exact) mass is 457 g/mol. The Morgan fingerprint density at radius 2 is 1.70 bits per heavy atom. The largest absolute Gasteiger partial charge is 0.373 e. The molecule has 0 N–H and O–H groups in total. The number of nitrogens with zero attached hydrogens (tertiary/aromatic N) is 3. The molecule has 2 atom stereocenters. The molecule has 1 aromatic rings. The highest BCUT2D eigenvalue weighted by atomic mass is 35.5. The zero-order chi connectivity index (χ0) is 21.9. The van der Waals surface area contributed by atoms with Gasteiger partial charge in [-0.2, -0.15) is 4.31 Å². The Labute approximate surface area is 185 Å². The molecule has 2 unspecified atom stereocenters. The van der Waals surface area contributed by atoms with E-state index in [4.69, 9.17) is 16.3 Å². The van der Waals surface area contributed by atoms with Crippen molar-refractivity contribution in [1.82, 2.24) is 14.1 Å². The quantitative estimate of drug-likeness (QED) is 0.655. The average Bonchev–Trinajstić information content (AvgIpc) is 2.68. The topological polar surface area (TPSA) is 70.2 Å². The van der Waals surface area contributed by atoms with Crippen molar-refractivity contribution in [2.75, 3.05) is 46.3 Å². The minimum absolute atomic E-state index is 0.134. The molecule has 0 spiro atoms. The summed E-state index contributed by atoms with van der Waals surface area (Å²) in [6.45, 7) is 8.35. The van der Waals surface area contributed by atoms with Gasteiger partial charge in [0.1, 0.15) is 0 Å². The number of morpholine rings is 1. The Kier molecular flexibility index (Phi) is 7.79. The van der Waals surface area contributed by atoms with Gasteiger partial charge in [0.05, 0.1) is 23.6 Å². The van der Waals surface area contributed by atoms with Crippen LogP contribution in [0, 0.1) is 5.92 Å². The van der Waals surface area contributed by atoms with Crippen molar-refractivity contribution in [2.24, 2.45) is 5.92 Å². The smallest absolute Gasteiger partial charge is 0.243 e. The molecule has 2 heterocycles. The molecule has 168 valence electrons. The van der Waals surface area contributed by atoms with Crippen molar-refractivity contribution in [1.29, 1.82) is 0 Å². The molecular formula is C21H32ClN3O4S. The van der Waals surface area contributed by atoms with Crippen molar-refractivity contribution in [3.8, 4) is 0 Å². The van der Waals surface area contributed by atoms with Crippen LogP contribution < -0.4 is 0 Å². The SMILES string of the molecule is CC1CN(CC2CCN(C(=O)CN(C)S(=O)(=O)c3ccc(Cl)cc3)CC2)CC(C)O1. The third-order valence-electron chi connectivity index (χ3n) is 5.86. The first kappa shape index (κ1) is 23.5. The number of amides is 1. The lowest BCUT2D eigenvalue weighted by Crippen LogP contribution is -2.49. The number of carbonyl (C=O) groups excluding carboxylic acids is 1. The molecule has 7 nitrogen and oxygen atoms in total. The molecule has 2 saturated heterocycles. The number of rotatable bonds is 6. The second-order valence-electron chi connectivity index (χ2n) is 8.52. The Balaban J connectivity index is 1.48. The molecule has 0 radical (unpaired) electrons. The number of hydrogen-bond acceptors (Lipinski definition) is 5. The van der Waals surface area contributed by atoms with Crippen LogP contribution >= 0.6 is 11.6 Å². The van der Waals surface area contributed by atoms with E-state index in [2.05, 4.69) is 18.7 Å². The van der Waals surface area contributed by atoms with Gasteiger partial charge < -0.3 is 9.64 Å². The van der Waals surface area contributed by atoms with Crippen LogP contribution in [0.2, 0.25) is 5.02 Å². The predicted octanol–water partition coefficient (Wildman–Crippen LogP) is 2.31. The van der Waals surface area contributed by atoms with E-state index in [0.29, 0.717) is 24.0 Å². The molecule has 0 aliphatic carbocycles. The number of halogens is 1. The van der Waals surface area contributed by atoms with Gasteiger partial charge in [-0.05, 0) is 56.9 Å². The van der Waals surface area contributed by atoms with Gasteiger partial charge in [-0.15, -0.1) is 0 Å².